The zero-order valence-corrected chi connectivity index (χ0v) is 18.7. The van der Waals surface area contributed by atoms with Crippen LogP contribution in [0.4, 0.5) is 16.2 Å². The van der Waals surface area contributed by atoms with Crippen LogP contribution in [0.2, 0.25) is 0 Å². The van der Waals surface area contributed by atoms with Crippen LogP contribution in [0, 0.1) is 6.92 Å². The summed E-state index contributed by atoms with van der Waals surface area (Å²) in [4.78, 5) is 27.3. The normalized spacial score (nSPS) is 15.0. The summed E-state index contributed by atoms with van der Waals surface area (Å²) in [6, 6.07) is 12.5. The molecule has 0 radical (unpaired) electrons. The van der Waals surface area contributed by atoms with Crippen LogP contribution in [0.3, 0.4) is 0 Å². The Bertz CT molecular complexity index is 1180. The van der Waals surface area contributed by atoms with Crippen molar-refractivity contribution in [2.45, 2.75) is 39.2 Å². The van der Waals surface area contributed by atoms with E-state index in [1.807, 2.05) is 44.2 Å². The van der Waals surface area contributed by atoms with Crippen molar-refractivity contribution in [1.29, 1.82) is 0 Å². The smallest absolute Gasteiger partial charge is 0.360 e. The average Bonchev–Trinajstić information content (AvgIpc) is 2.78. The van der Waals surface area contributed by atoms with Crippen molar-refractivity contribution in [3.63, 3.8) is 0 Å². The Morgan fingerprint density at radius 2 is 1.94 bits per heavy atom. The molecule has 1 aromatic heterocycles. The number of urea groups is 1. The van der Waals surface area contributed by atoms with Gasteiger partial charge in [0.15, 0.2) is 0 Å². The molecular weight excluding hydrogens is 406 g/mol. The summed E-state index contributed by atoms with van der Waals surface area (Å²) in [6.07, 6.45) is 2.97. The predicted octanol–water partition coefficient (Wildman–Crippen LogP) is 4.78. The molecule has 0 spiro atoms. The van der Waals surface area contributed by atoms with Crippen LogP contribution in [0.1, 0.15) is 30.9 Å². The summed E-state index contributed by atoms with van der Waals surface area (Å²) < 4.78 is 11.8. The van der Waals surface area contributed by atoms with Gasteiger partial charge in [0, 0.05) is 29.7 Å². The van der Waals surface area contributed by atoms with Gasteiger partial charge in [0.25, 0.3) is 0 Å². The van der Waals surface area contributed by atoms with Crippen molar-refractivity contribution in [1.82, 2.24) is 4.90 Å². The molecule has 7 heteroatoms. The zero-order chi connectivity index (χ0) is 22.7. The number of fused-ring (bicyclic) bond motifs is 1. The number of benzene rings is 2. The maximum absolute atomic E-state index is 12.6. The van der Waals surface area contributed by atoms with Crippen molar-refractivity contribution in [2.24, 2.45) is 0 Å². The molecule has 1 fully saturated rings. The highest BCUT2D eigenvalue weighted by Gasteiger charge is 2.20. The van der Waals surface area contributed by atoms with Gasteiger partial charge in [-0.25, -0.2) is 9.59 Å². The van der Waals surface area contributed by atoms with Gasteiger partial charge >= 0.3 is 11.7 Å². The third kappa shape index (κ3) is 4.94. The predicted molar refractivity (Wildman–Crippen MR) is 127 cm³/mol. The van der Waals surface area contributed by atoms with Gasteiger partial charge in [0.05, 0.1) is 0 Å². The molecule has 0 unspecified atom stereocenters. The zero-order valence-electron chi connectivity index (χ0n) is 18.7. The molecule has 0 saturated carbocycles. The fourth-order valence-corrected chi connectivity index (χ4v) is 3.96. The van der Waals surface area contributed by atoms with E-state index in [0.29, 0.717) is 11.3 Å². The van der Waals surface area contributed by atoms with Crippen LogP contribution >= 0.6 is 0 Å². The van der Waals surface area contributed by atoms with Crippen molar-refractivity contribution < 1.29 is 13.9 Å². The van der Waals surface area contributed by atoms with E-state index in [1.165, 1.54) is 0 Å². The Hall–Kier alpha value is -3.32. The number of ether oxygens (including phenoxy) is 1. The third-order valence-corrected chi connectivity index (χ3v) is 5.90. The fourth-order valence-electron chi connectivity index (χ4n) is 3.96. The lowest BCUT2D eigenvalue weighted by atomic mass is 10.1. The highest BCUT2D eigenvalue weighted by atomic mass is 16.5. The number of piperidine rings is 1. The topological polar surface area (TPSA) is 83.8 Å². The molecule has 168 valence electrons. The van der Waals surface area contributed by atoms with Gasteiger partial charge in [0.2, 0.25) is 0 Å². The first-order chi connectivity index (χ1) is 15.4. The number of anilines is 2. The molecule has 1 aliphatic heterocycles. The first-order valence-electron chi connectivity index (χ1n) is 11.0. The minimum absolute atomic E-state index is 0.0880. The van der Waals surface area contributed by atoms with Gasteiger partial charge in [-0.2, -0.15) is 0 Å². The summed E-state index contributed by atoms with van der Waals surface area (Å²) in [5.74, 6) is 0.726. The van der Waals surface area contributed by atoms with Gasteiger partial charge in [-0.1, -0.05) is 19.1 Å². The molecule has 3 aromatic rings. The minimum Gasteiger partial charge on any atom is -0.490 e. The lowest BCUT2D eigenvalue weighted by Gasteiger charge is -2.29. The lowest BCUT2D eigenvalue weighted by Crippen LogP contribution is -2.35. The van der Waals surface area contributed by atoms with Gasteiger partial charge in [-0.05, 0) is 69.1 Å². The van der Waals surface area contributed by atoms with Gasteiger partial charge in [0.1, 0.15) is 23.1 Å². The van der Waals surface area contributed by atoms with Crippen LogP contribution < -0.4 is 21.0 Å². The van der Waals surface area contributed by atoms with Crippen LogP contribution in [0.5, 0.6) is 5.75 Å². The van der Waals surface area contributed by atoms with Crippen LogP contribution in [0.25, 0.3) is 11.0 Å². The Kier molecular flexibility index (Phi) is 6.46. The number of hydrogen-bond donors (Lipinski definition) is 2. The van der Waals surface area contributed by atoms with Crippen molar-refractivity contribution in [3.05, 3.63) is 64.0 Å². The van der Waals surface area contributed by atoms with Crippen LogP contribution in [-0.2, 0) is 6.42 Å². The third-order valence-electron chi connectivity index (χ3n) is 5.90. The molecule has 0 atom stereocenters. The molecule has 2 amide bonds. The quantitative estimate of drug-likeness (QED) is 0.564. The van der Waals surface area contributed by atoms with E-state index in [9.17, 15) is 9.59 Å². The van der Waals surface area contributed by atoms with E-state index in [-0.39, 0.29) is 11.8 Å². The number of likely N-dealkylation sites (tertiary alicyclic amines) is 1. The summed E-state index contributed by atoms with van der Waals surface area (Å²) in [5.41, 5.74) is 2.52. The summed E-state index contributed by atoms with van der Waals surface area (Å²) >= 11 is 0. The Labute approximate surface area is 187 Å². The van der Waals surface area contributed by atoms with E-state index >= 15 is 0 Å². The number of aryl methyl sites for hydroxylation is 2. The second-order valence-corrected chi connectivity index (χ2v) is 8.31. The second-order valence-electron chi connectivity index (χ2n) is 8.31. The molecule has 1 saturated heterocycles. The summed E-state index contributed by atoms with van der Waals surface area (Å²) in [5, 5.41) is 6.08. The molecule has 7 nitrogen and oxygen atoms in total. The van der Waals surface area contributed by atoms with E-state index in [0.717, 1.165) is 54.6 Å². The summed E-state index contributed by atoms with van der Waals surface area (Å²) in [7, 11) is 2.11. The monoisotopic (exact) mass is 435 g/mol. The second kappa shape index (κ2) is 9.44. The SMILES string of the molecule is CCc1cccc(NC(=O)Nc2cc3ccc(OC4CCN(C)CC4)c(C)c3oc2=O)c1. The maximum Gasteiger partial charge on any atom is 0.360 e. The molecule has 2 heterocycles. The number of rotatable bonds is 5. The standard InChI is InChI=1S/C25H29N3O4/c1-4-17-6-5-7-19(14-17)26-25(30)27-21-15-18-8-9-22(16(2)23(18)32-24(21)29)31-20-10-12-28(3)13-11-20/h5-9,14-15,20H,4,10-13H2,1-3H3,(H2,26,27,30). The highest BCUT2D eigenvalue weighted by Crippen LogP contribution is 2.29. The van der Waals surface area contributed by atoms with Crippen LogP contribution in [-0.4, -0.2) is 37.2 Å². The molecular formula is C25H29N3O4. The molecule has 0 bridgehead atoms. The summed E-state index contributed by atoms with van der Waals surface area (Å²) in [6.45, 7) is 5.94. The number of hydrogen-bond acceptors (Lipinski definition) is 5. The number of nitrogens with one attached hydrogen (secondary N) is 2. The lowest BCUT2D eigenvalue weighted by molar-refractivity contribution is 0.113. The van der Waals surface area contributed by atoms with E-state index in [1.54, 1.807) is 12.1 Å². The van der Waals surface area contributed by atoms with Crippen molar-refractivity contribution in [2.75, 3.05) is 30.8 Å². The Morgan fingerprint density at radius 3 is 2.69 bits per heavy atom. The van der Waals surface area contributed by atoms with E-state index < -0.39 is 11.7 Å². The highest BCUT2D eigenvalue weighted by molar-refractivity contribution is 6.00. The van der Waals surface area contributed by atoms with E-state index in [2.05, 4.69) is 22.6 Å². The van der Waals surface area contributed by atoms with Gasteiger partial charge in [-0.3, -0.25) is 0 Å². The average molecular weight is 436 g/mol. The van der Waals surface area contributed by atoms with Crippen molar-refractivity contribution in [3.8, 4) is 5.75 Å². The number of nitrogens with zero attached hydrogens (tertiary/aromatic N) is 1. The molecule has 2 aromatic carbocycles. The molecule has 32 heavy (non-hydrogen) atoms. The fraction of sp³-hybridized carbons (Fsp3) is 0.360. The molecule has 0 aliphatic carbocycles. The number of carbonyl (C=O) groups is 1. The van der Waals surface area contributed by atoms with Gasteiger partial charge < -0.3 is 24.7 Å². The Morgan fingerprint density at radius 1 is 1.16 bits per heavy atom. The van der Waals surface area contributed by atoms with Crippen molar-refractivity contribution >= 4 is 28.4 Å². The Balaban J connectivity index is 1.50. The van der Waals surface area contributed by atoms with Crippen LogP contribution in [0.15, 0.2) is 51.7 Å². The minimum atomic E-state index is -0.602. The molecule has 2 N–H and O–H groups in total. The van der Waals surface area contributed by atoms with E-state index in [4.69, 9.17) is 9.15 Å². The molecule has 1 aliphatic rings. The number of carbonyl (C=O) groups excluding carboxylic acids is 1. The first-order valence-corrected chi connectivity index (χ1v) is 11.0. The maximum atomic E-state index is 12.6. The van der Waals surface area contributed by atoms with Gasteiger partial charge in [-0.15, -0.1) is 0 Å². The largest absolute Gasteiger partial charge is 0.490 e. The molecule has 4 rings (SSSR count). The number of amides is 2. The first kappa shape index (κ1) is 21.9.